The predicted octanol–water partition coefficient (Wildman–Crippen LogP) is 2.70. The zero-order valence-corrected chi connectivity index (χ0v) is 16.1. The van der Waals surface area contributed by atoms with Crippen LogP contribution in [0.3, 0.4) is 0 Å². The van der Waals surface area contributed by atoms with Gasteiger partial charge in [0.25, 0.3) is 0 Å². The average molecular weight is 362 g/mol. The van der Waals surface area contributed by atoms with Crippen LogP contribution in [0.15, 0.2) is 30.3 Å². The number of aliphatic hydroxyl groups is 1. The van der Waals surface area contributed by atoms with Crippen molar-refractivity contribution in [2.45, 2.75) is 58.2 Å². The second-order valence-corrected chi connectivity index (χ2v) is 8.18. The summed E-state index contributed by atoms with van der Waals surface area (Å²) in [6.07, 6.45) is 0.185. The second-order valence-electron chi connectivity index (χ2n) is 8.18. The van der Waals surface area contributed by atoms with Gasteiger partial charge < -0.3 is 20.1 Å². The molecule has 0 radical (unpaired) electrons. The van der Waals surface area contributed by atoms with Crippen LogP contribution in [0, 0.1) is 5.92 Å². The summed E-state index contributed by atoms with van der Waals surface area (Å²) in [6.45, 7) is 8.30. The first-order chi connectivity index (χ1) is 12.1. The summed E-state index contributed by atoms with van der Waals surface area (Å²) in [5.74, 6) is -0.0209. The maximum absolute atomic E-state index is 12.5. The number of nitrogens with one attached hydrogen (secondary N) is 1. The predicted molar refractivity (Wildman–Crippen MR) is 99.4 cm³/mol. The molecule has 1 fully saturated rings. The molecule has 6 nitrogen and oxygen atoms in total. The summed E-state index contributed by atoms with van der Waals surface area (Å²) < 4.78 is 5.36. The number of hydrogen-bond acceptors (Lipinski definition) is 4. The minimum Gasteiger partial charge on any atom is -0.444 e. The zero-order valence-electron chi connectivity index (χ0n) is 16.1. The molecule has 0 saturated carbocycles. The molecule has 2 unspecified atom stereocenters. The van der Waals surface area contributed by atoms with Crippen molar-refractivity contribution in [3.05, 3.63) is 35.9 Å². The fraction of sp³-hybridized carbons (Fsp3) is 0.600. The molecule has 1 saturated heterocycles. The van der Waals surface area contributed by atoms with Crippen molar-refractivity contribution < 1.29 is 19.4 Å². The Morgan fingerprint density at radius 3 is 2.50 bits per heavy atom. The van der Waals surface area contributed by atoms with Gasteiger partial charge in [0, 0.05) is 37.6 Å². The molecule has 26 heavy (non-hydrogen) atoms. The molecule has 0 aromatic heterocycles. The van der Waals surface area contributed by atoms with E-state index in [1.54, 1.807) is 20.8 Å². The maximum Gasteiger partial charge on any atom is 0.408 e. The first-order valence-electron chi connectivity index (χ1n) is 9.07. The summed E-state index contributed by atoms with van der Waals surface area (Å²) in [5.41, 5.74) is -0.238. The van der Waals surface area contributed by atoms with E-state index in [-0.39, 0.29) is 18.4 Å². The third kappa shape index (κ3) is 5.46. The van der Waals surface area contributed by atoms with Gasteiger partial charge in [-0.3, -0.25) is 4.79 Å². The third-order valence-electron chi connectivity index (χ3n) is 4.75. The van der Waals surface area contributed by atoms with Crippen LogP contribution in [0.4, 0.5) is 4.79 Å². The molecule has 6 heteroatoms. The molecule has 2 atom stereocenters. The van der Waals surface area contributed by atoms with E-state index in [4.69, 9.17) is 4.74 Å². The van der Waals surface area contributed by atoms with E-state index in [1.807, 2.05) is 42.2 Å². The van der Waals surface area contributed by atoms with Crippen molar-refractivity contribution in [1.82, 2.24) is 10.2 Å². The summed E-state index contributed by atoms with van der Waals surface area (Å²) >= 11 is 0. The van der Waals surface area contributed by atoms with Gasteiger partial charge in [-0.2, -0.15) is 0 Å². The molecule has 1 aliphatic heterocycles. The van der Waals surface area contributed by atoms with E-state index in [0.29, 0.717) is 25.9 Å². The molecule has 0 bridgehead atoms. The molecule has 2 N–H and O–H groups in total. The largest absolute Gasteiger partial charge is 0.444 e. The standard InChI is InChI=1S/C20H30N2O4/c1-19(2,3)26-18(25)21-20(4,10-11-23)16-12-17(24)22(14-16)13-15-8-6-5-7-9-15/h5-9,16,23H,10-14H2,1-4H3,(H,21,25). The molecule has 144 valence electrons. The van der Waals surface area contributed by atoms with E-state index in [2.05, 4.69) is 5.32 Å². The Kier molecular flexibility index (Phi) is 6.29. The highest BCUT2D eigenvalue weighted by atomic mass is 16.6. The number of carbonyl (C=O) groups is 2. The maximum atomic E-state index is 12.5. The Morgan fingerprint density at radius 2 is 1.92 bits per heavy atom. The van der Waals surface area contributed by atoms with E-state index in [0.717, 1.165) is 5.56 Å². The molecule has 2 amide bonds. The molecule has 1 heterocycles. The summed E-state index contributed by atoms with van der Waals surface area (Å²) in [6, 6.07) is 9.83. The number of nitrogens with zero attached hydrogens (tertiary/aromatic N) is 1. The lowest BCUT2D eigenvalue weighted by Gasteiger charge is -2.36. The molecular weight excluding hydrogens is 332 g/mol. The van der Waals surface area contributed by atoms with Gasteiger partial charge in [0.1, 0.15) is 5.60 Å². The zero-order chi connectivity index (χ0) is 19.4. The number of benzene rings is 1. The van der Waals surface area contributed by atoms with Crippen molar-refractivity contribution in [1.29, 1.82) is 0 Å². The fourth-order valence-electron chi connectivity index (χ4n) is 3.29. The van der Waals surface area contributed by atoms with Crippen LogP contribution in [0.25, 0.3) is 0 Å². The highest BCUT2D eigenvalue weighted by Gasteiger charge is 2.43. The highest BCUT2D eigenvalue weighted by molar-refractivity contribution is 5.79. The van der Waals surface area contributed by atoms with Gasteiger partial charge in [0.05, 0.1) is 0 Å². The van der Waals surface area contributed by atoms with Gasteiger partial charge in [-0.15, -0.1) is 0 Å². The Balaban J connectivity index is 2.07. The monoisotopic (exact) mass is 362 g/mol. The number of carbonyl (C=O) groups excluding carboxylic acids is 2. The topological polar surface area (TPSA) is 78.9 Å². The fourth-order valence-corrected chi connectivity index (χ4v) is 3.29. The van der Waals surface area contributed by atoms with Gasteiger partial charge in [0.2, 0.25) is 5.91 Å². The van der Waals surface area contributed by atoms with Crippen LogP contribution in [0.2, 0.25) is 0 Å². The number of rotatable bonds is 6. The van der Waals surface area contributed by atoms with E-state index in [1.165, 1.54) is 0 Å². The minimum atomic E-state index is -0.710. The Bertz CT molecular complexity index is 626. The molecule has 0 aliphatic carbocycles. The third-order valence-corrected chi connectivity index (χ3v) is 4.75. The lowest BCUT2D eigenvalue weighted by molar-refractivity contribution is -0.128. The first kappa shape index (κ1) is 20.2. The quantitative estimate of drug-likeness (QED) is 0.815. The number of hydrogen-bond donors (Lipinski definition) is 2. The van der Waals surface area contributed by atoms with Crippen LogP contribution >= 0.6 is 0 Å². The van der Waals surface area contributed by atoms with Crippen molar-refractivity contribution in [3.8, 4) is 0 Å². The number of aliphatic hydroxyl groups excluding tert-OH is 1. The van der Waals surface area contributed by atoms with Gasteiger partial charge >= 0.3 is 6.09 Å². The first-order valence-corrected chi connectivity index (χ1v) is 9.07. The van der Waals surface area contributed by atoms with Gasteiger partial charge in [-0.05, 0) is 39.7 Å². The van der Waals surface area contributed by atoms with E-state index < -0.39 is 17.2 Å². The van der Waals surface area contributed by atoms with Crippen LogP contribution in [0.1, 0.15) is 46.1 Å². The SMILES string of the molecule is CC(C)(C)OC(=O)NC(C)(CCO)C1CC(=O)N(Cc2ccccc2)C1. The molecule has 0 spiro atoms. The van der Waals surface area contributed by atoms with Gasteiger partial charge in [-0.25, -0.2) is 4.79 Å². The lowest BCUT2D eigenvalue weighted by atomic mass is 9.82. The molecular formula is C20H30N2O4. The number of amides is 2. The Hall–Kier alpha value is -2.08. The normalized spacial score (nSPS) is 20.0. The number of alkyl carbamates (subject to hydrolysis) is 1. The number of likely N-dealkylation sites (tertiary alicyclic amines) is 1. The number of ether oxygens (including phenoxy) is 1. The smallest absolute Gasteiger partial charge is 0.408 e. The van der Waals surface area contributed by atoms with Gasteiger partial charge in [-0.1, -0.05) is 30.3 Å². The summed E-state index contributed by atoms with van der Waals surface area (Å²) in [5, 5.41) is 12.4. The van der Waals surface area contributed by atoms with Gasteiger partial charge in [0.15, 0.2) is 0 Å². The summed E-state index contributed by atoms with van der Waals surface area (Å²) in [4.78, 5) is 26.5. The van der Waals surface area contributed by atoms with Crippen LogP contribution < -0.4 is 5.32 Å². The molecule has 2 rings (SSSR count). The van der Waals surface area contributed by atoms with Crippen molar-refractivity contribution in [3.63, 3.8) is 0 Å². The summed E-state index contributed by atoms with van der Waals surface area (Å²) in [7, 11) is 0. The van der Waals surface area contributed by atoms with Crippen molar-refractivity contribution in [2.75, 3.05) is 13.2 Å². The highest BCUT2D eigenvalue weighted by Crippen LogP contribution is 2.32. The molecule has 1 aliphatic rings. The average Bonchev–Trinajstić information content (AvgIpc) is 2.88. The van der Waals surface area contributed by atoms with Crippen LogP contribution in [-0.4, -0.2) is 46.3 Å². The van der Waals surface area contributed by atoms with E-state index in [9.17, 15) is 14.7 Å². The van der Waals surface area contributed by atoms with Crippen LogP contribution in [-0.2, 0) is 16.1 Å². The van der Waals surface area contributed by atoms with Crippen LogP contribution in [0.5, 0.6) is 0 Å². The van der Waals surface area contributed by atoms with Crippen molar-refractivity contribution in [2.24, 2.45) is 5.92 Å². The second kappa shape index (κ2) is 8.08. The lowest BCUT2D eigenvalue weighted by Crippen LogP contribution is -2.54. The minimum absolute atomic E-state index is 0.0639. The Morgan fingerprint density at radius 1 is 1.27 bits per heavy atom. The Labute approximate surface area is 155 Å². The molecule has 1 aromatic carbocycles. The van der Waals surface area contributed by atoms with E-state index >= 15 is 0 Å². The van der Waals surface area contributed by atoms with Crippen molar-refractivity contribution >= 4 is 12.0 Å². The molecule has 1 aromatic rings.